The maximum atomic E-state index is 14.9. The van der Waals surface area contributed by atoms with Crippen LogP contribution >= 0.6 is 0 Å². The van der Waals surface area contributed by atoms with Crippen LogP contribution in [0.15, 0.2) is 72.8 Å². The molecule has 38 heavy (non-hydrogen) atoms. The fourth-order valence-electron chi connectivity index (χ4n) is 6.21. The molecule has 202 valence electrons. The summed E-state index contributed by atoms with van der Waals surface area (Å²) in [5.74, 6) is 0. The number of aliphatic hydroxyl groups excluding tert-OH is 1. The molecule has 3 aromatic rings. The number of alkyl halides is 4. The maximum Gasteiger partial charge on any atom is 0.416 e. The van der Waals surface area contributed by atoms with Gasteiger partial charge in [0, 0.05) is 29.9 Å². The van der Waals surface area contributed by atoms with Gasteiger partial charge in [-0.05, 0) is 68.0 Å². The Morgan fingerprint density at radius 1 is 0.974 bits per heavy atom. The van der Waals surface area contributed by atoms with Gasteiger partial charge in [-0.15, -0.1) is 0 Å². The Morgan fingerprint density at radius 3 is 2.47 bits per heavy atom. The molecule has 2 aliphatic heterocycles. The molecule has 0 aliphatic carbocycles. The fourth-order valence-corrected chi connectivity index (χ4v) is 6.21. The number of fused-ring (bicyclic) bond motifs is 1. The maximum absolute atomic E-state index is 14.9. The van der Waals surface area contributed by atoms with Crippen LogP contribution in [0.5, 0.6) is 0 Å². The Hall–Kier alpha value is -3.06. The van der Waals surface area contributed by atoms with Gasteiger partial charge in [0.25, 0.3) is 0 Å². The summed E-state index contributed by atoms with van der Waals surface area (Å²) in [5.41, 5.74) is 3.79. The Labute approximate surface area is 221 Å². The average molecular weight is 527 g/mol. The summed E-state index contributed by atoms with van der Waals surface area (Å²) >= 11 is 0. The van der Waals surface area contributed by atoms with Crippen molar-refractivity contribution in [3.63, 3.8) is 0 Å². The number of halogens is 4. The van der Waals surface area contributed by atoms with Gasteiger partial charge in [0.05, 0.1) is 13.1 Å². The summed E-state index contributed by atoms with van der Waals surface area (Å²) in [4.78, 5) is 3.73. The van der Waals surface area contributed by atoms with Gasteiger partial charge in [0.15, 0.2) is 6.10 Å². The predicted octanol–water partition coefficient (Wildman–Crippen LogP) is 6.60. The largest absolute Gasteiger partial charge is 0.416 e. The molecule has 0 spiro atoms. The summed E-state index contributed by atoms with van der Waals surface area (Å²) in [6.07, 6.45) is -5.28. The molecular formula is C31H34F4N2O. The Bertz CT molecular complexity index is 1290. The van der Waals surface area contributed by atoms with Gasteiger partial charge in [0.2, 0.25) is 0 Å². The Kier molecular flexibility index (Phi) is 6.93. The number of para-hydroxylation sites is 1. The van der Waals surface area contributed by atoms with Crippen molar-refractivity contribution in [2.24, 2.45) is 0 Å². The van der Waals surface area contributed by atoms with Gasteiger partial charge in [-0.1, -0.05) is 60.2 Å². The highest BCUT2D eigenvalue weighted by Crippen LogP contribution is 2.48. The van der Waals surface area contributed by atoms with E-state index in [9.17, 15) is 22.7 Å². The third kappa shape index (κ3) is 5.26. The molecule has 7 heteroatoms. The lowest BCUT2D eigenvalue weighted by atomic mass is 9.71. The molecule has 1 fully saturated rings. The molecule has 0 amide bonds. The number of hydrogen-bond donors (Lipinski definition) is 1. The molecule has 0 saturated carbocycles. The zero-order valence-electron chi connectivity index (χ0n) is 21.8. The minimum atomic E-state index is -4.70. The summed E-state index contributed by atoms with van der Waals surface area (Å²) in [5, 5.41) is 9.99. The van der Waals surface area contributed by atoms with E-state index in [4.69, 9.17) is 0 Å². The number of aryl methyl sites for hydroxylation is 1. The van der Waals surface area contributed by atoms with Crippen molar-refractivity contribution >= 4 is 11.4 Å². The van der Waals surface area contributed by atoms with Crippen molar-refractivity contribution in [3.8, 4) is 0 Å². The van der Waals surface area contributed by atoms with Crippen molar-refractivity contribution in [2.45, 2.75) is 56.5 Å². The Balaban J connectivity index is 1.61. The number of rotatable bonds is 6. The summed E-state index contributed by atoms with van der Waals surface area (Å²) in [7, 11) is 0. The first-order chi connectivity index (χ1) is 18.0. The second-order valence-electron chi connectivity index (χ2n) is 11.2. The minimum Gasteiger partial charge on any atom is -0.382 e. The molecule has 2 aliphatic rings. The second kappa shape index (κ2) is 9.92. The van der Waals surface area contributed by atoms with Crippen LogP contribution in [0.25, 0.3) is 0 Å². The number of aliphatic hydroxyl groups is 1. The number of β-amino-alcohol motifs (C(OH)–C–C–N with tert-alkyl or cyclic N) is 1. The van der Waals surface area contributed by atoms with Crippen LogP contribution in [0.4, 0.5) is 28.9 Å². The van der Waals surface area contributed by atoms with E-state index in [0.717, 1.165) is 40.9 Å². The van der Waals surface area contributed by atoms with Gasteiger partial charge in [-0.25, -0.2) is 4.39 Å². The van der Waals surface area contributed by atoms with Crippen molar-refractivity contribution in [2.75, 3.05) is 36.0 Å². The van der Waals surface area contributed by atoms with E-state index in [-0.39, 0.29) is 6.54 Å². The van der Waals surface area contributed by atoms with Gasteiger partial charge in [0.1, 0.15) is 5.67 Å². The molecule has 5 rings (SSSR count). The van der Waals surface area contributed by atoms with Gasteiger partial charge in [-0.3, -0.25) is 0 Å². The first-order valence-electron chi connectivity index (χ1n) is 13.2. The molecule has 3 aromatic carbocycles. The van der Waals surface area contributed by atoms with Crippen LogP contribution in [-0.2, 0) is 11.8 Å². The van der Waals surface area contributed by atoms with Crippen LogP contribution in [-0.4, -0.2) is 49.2 Å². The van der Waals surface area contributed by atoms with Crippen LogP contribution in [0.3, 0.4) is 0 Å². The molecular weight excluding hydrogens is 492 g/mol. The highest BCUT2D eigenvalue weighted by Gasteiger charge is 2.47. The average Bonchev–Trinajstić information content (AvgIpc) is 3.17. The highest BCUT2D eigenvalue weighted by molar-refractivity contribution is 5.68. The fraction of sp³-hybridized carbons (Fsp3) is 0.419. The van der Waals surface area contributed by atoms with E-state index in [1.54, 1.807) is 11.8 Å². The third-order valence-corrected chi connectivity index (χ3v) is 7.99. The lowest BCUT2D eigenvalue weighted by Gasteiger charge is -2.38. The van der Waals surface area contributed by atoms with E-state index in [1.807, 2.05) is 67.6 Å². The molecule has 2 heterocycles. The quantitative estimate of drug-likeness (QED) is 0.367. The Morgan fingerprint density at radius 2 is 1.74 bits per heavy atom. The zero-order chi connectivity index (χ0) is 27.1. The van der Waals surface area contributed by atoms with Crippen LogP contribution in [0, 0.1) is 6.92 Å². The predicted molar refractivity (Wildman–Crippen MR) is 144 cm³/mol. The van der Waals surface area contributed by atoms with Gasteiger partial charge >= 0.3 is 6.18 Å². The number of piperidine rings is 1. The summed E-state index contributed by atoms with van der Waals surface area (Å²) in [6, 6.07) is 23.8. The zero-order valence-corrected chi connectivity index (χ0v) is 21.8. The first-order valence-corrected chi connectivity index (χ1v) is 13.2. The van der Waals surface area contributed by atoms with Crippen molar-refractivity contribution < 1.29 is 22.7 Å². The number of anilines is 2. The summed E-state index contributed by atoms with van der Waals surface area (Å²) < 4.78 is 55.1. The number of benzene rings is 3. The van der Waals surface area contributed by atoms with E-state index in [2.05, 4.69) is 17.0 Å². The number of hydrogen-bond acceptors (Lipinski definition) is 3. The van der Waals surface area contributed by atoms with Gasteiger partial charge in [-0.2, -0.15) is 13.2 Å². The second-order valence-corrected chi connectivity index (χ2v) is 11.2. The molecule has 0 bridgehead atoms. The third-order valence-electron chi connectivity index (χ3n) is 7.99. The van der Waals surface area contributed by atoms with E-state index < -0.39 is 29.9 Å². The smallest absolute Gasteiger partial charge is 0.382 e. The van der Waals surface area contributed by atoms with E-state index >= 15 is 0 Å². The van der Waals surface area contributed by atoms with Crippen LogP contribution in [0.1, 0.15) is 42.0 Å². The lowest BCUT2D eigenvalue weighted by Crippen LogP contribution is -2.44. The van der Waals surface area contributed by atoms with Crippen LogP contribution in [0.2, 0.25) is 0 Å². The van der Waals surface area contributed by atoms with E-state index in [1.165, 1.54) is 0 Å². The normalized spacial score (nSPS) is 24.4. The SMILES string of the molecule is Cc1cccc(CC2(c3cccc(N4CCCC(C)(F)C4)c3)CN(C[C@@H](O)C(F)(F)F)c3ccccc32)c1. The highest BCUT2D eigenvalue weighted by atomic mass is 19.4. The minimum absolute atomic E-state index is 0.289. The van der Waals surface area contributed by atoms with Crippen molar-refractivity contribution in [3.05, 3.63) is 95.1 Å². The monoisotopic (exact) mass is 526 g/mol. The van der Waals surface area contributed by atoms with Crippen molar-refractivity contribution in [1.82, 2.24) is 0 Å². The molecule has 3 nitrogen and oxygen atoms in total. The number of nitrogens with zero attached hydrogens (tertiary/aromatic N) is 2. The molecule has 3 atom stereocenters. The van der Waals surface area contributed by atoms with E-state index in [0.29, 0.717) is 25.1 Å². The first kappa shape index (κ1) is 26.5. The standard InChI is InChI=1S/C31H34F4N2O/c1-22-8-5-9-23(16-22)18-30(24-10-6-11-25(17-24)36-15-7-14-29(2,32)20-36)21-37(19-28(38)31(33,34)35)27-13-4-3-12-26(27)30/h3-6,8-13,16-17,28,38H,7,14-15,18-21H2,1-2H3/t28-,29?,30?/m1/s1. The van der Waals surface area contributed by atoms with Gasteiger partial charge < -0.3 is 14.9 Å². The molecule has 2 unspecified atom stereocenters. The molecule has 0 radical (unpaired) electrons. The molecule has 1 N–H and O–H groups in total. The summed E-state index contributed by atoms with van der Waals surface area (Å²) in [6.45, 7) is 4.48. The van der Waals surface area contributed by atoms with Crippen LogP contribution < -0.4 is 9.80 Å². The lowest BCUT2D eigenvalue weighted by molar-refractivity contribution is -0.200. The van der Waals surface area contributed by atoms with Crippen molar-refractivity contribution in [1.29, 1.82) is 0 Å². The topological polar surface area (TPSA) is 26.7 Å². The molecule has 0 aromatic heterocycles. The molecule has 1 saturated heterocycles.